The highest BCUT2D eigenvalue weighted by Crippen LogP contribution is 2.07. The Morgan fingerprint density at radius 1 is 1.62 bits per heavy atom. The molecule has 0 aromatic rings. The summed E-state index contributed by atoms with van der Waals surface area (Å²) in [5.41, 5.74) is 0. The fraction of sp³-hybridized carbons (Fsp3) is 0.889. The van der Waals surface area contributed by atoms with Gasteiger partial charge in [0.1, 0.15) is 0 Å². The van der Waals surface area contributed by atoms with Gasteiger partial charge >= 0.3 is 6.16 Å². The summed E-state index contributed by atoms with van der Waals surface area (Å²) in [6.45, 7) is 3.43. The summed E-state index contributed by atoms with van der Waals surface area (Å²) in [5.74, 6) is 0. The number of hydrogen-bond donors (Lipinski definition) is 1. The number of nitrogens with one attached hydrogen (secondary N) is 1. The van der Waals surface area contributed by atoms with Crippen molar-refractivity contribution < 1.29 is 14.3 Å². The lowest BCUT2D eigenvalue weighted by Crippen LogP contribution is -2.28. The Bertz CT molecular complexity index is 155. The molecule has 0 bridgehead atoms. The Morgan fingerprint density at radius 3 is 3.08 bits per heavy atom. The van der Waals surface area contributed by atoms with Crippen LogP contribution in [0.1, 0.15) is 32.6 Å². The van der Waals surface area contributed by atoms with Gasteiger partial charge in [0.25, 0.3) is 0 Å². The van der Waals surface area contributed by atoms with Crippen molar-refractivity contribution in [3.63, 3.8) is 0 Å². The van der Waals surface area contributed by atoms with Crippen LogP contribution in [0.25, 0.3) is 0 Å². The van der Waals surface area contributed by atoms with Crippen LogP contribution < -0.4 is 5.32 Å². The van der Waals surface area contributed by atoms with Crippen molar-refractivity contribution >= 4 is 6.16 Å². The summed E-state index contributed by atoms with van der Waals surface area (Å²) >= 11 is 0. The van der Waals surface area contributed by atoms with E-state index in [1.807, 2.05) is 6.92 Å². The van der Waals surface area contributed by atoms with Crippen LogP contribution in [-0.4, -0.2) is 25.5 Å². The van der Waals surface area contributed by atoms with Crippen LogP contribution in [0, 0.1) is 0 Å². The van der Waals surface area contributed by atoms with Gasteiger partial charge in [0.2, 0.25) is 0 Å². The van der Waals surface area contributed by atoms with Gasteiger partial charge in [-0.3, -0.25) is 5.32 Å². The lowest BCUT2D eigenvalue weighted by molar-refractivity contribution is 0.0181. The average molecular weight is 187 g/mol. The fourth-order valence-corrected chi connectivity index (χ4v) is 1.20. The van der Waals surface area contributed by atoms with E-state index in [1.165, 1.54) is 0 Å². The van der Waals surface area contributed by atoms with E-state index in [0.717, 1.165) is 32.2 Å². The first-order valence-electron chi connectivity index (χ1n) is 4.89. The Balaban J connectivity index is 2.02. The molecule has 1 heterocycles. The molecule has 13 heavy (non-hydrogen) atoms. The minimum atomic E-state index is -0.548. The SMILES string of the molecule is CCCCOC(=O)OC1CCCN1. The minimum Gasteiger partial charge on any atom is -0.434 e. The van der Waals surface area contributed by atoms with Crippen molar-refractivity contribution in [2.24, 2.45) is 0 Å². The molecule has 4 heteroatoms. The molecule has 0 radical (unpaired) electrons. The average Bonchev–Trinajstić information content (AvgIpc) is 2.57. The second-order valence-electron chi connectivity index (χ2n) is 3.15. The van der Waals surface area contributed by atoms with Crippen LogP contribution in [0.3, 0.4) is 0 Å². The molecule has 0 aromatic heterocycles. The van der Waals surface area contributed by atoms with Crippen molar-refractivity contribution in [3.8, 4) is 0 Å². The van der Waals surface area contributed by atoms with Gasteiger partial charge in [-0.1, -0.05) is 13.3 Å². The Kier molecular flexibility index (Phi) is 4.60. The fourth-order valence-electron chi connectivity index (χ4n) is 1.20. The summed E-state index contributed by atoms with van der Waals surface area (Å²) in [4.78, 5) is 11.0. The highest BCUT2D eigenvalue weighted by atomic mass is 16.7. The van der Waals surface area contributed by atoms with Crippen LogP contribution in [0.15, 0.2) is 0 Å². The molecular formula is C9H17NO3. The van der Waals surface area contributed by atoms with Gasteiger partial charge in [0.05, 0.1) is 6.61 Å². The maximum absolute atomic E-state index is 11.0. The number of ether oxygens (including phenoxy) is 2. The number of carbonyl (C=O) groups is 1. The maximum atomic E-state index is 11.0. The molecule has 1 N–H and O–H groups in total. The molecule has 0 aromatic carbocycles. The number of hydrogen-bond acceptors (Lipinski definition) is 4. The van der Waals surface area contributed by atoms with Crippen LogP contribution in [0.2, 0.25) is 0 Å². The zero-order valence-corrected chi connectivity index (χ0v) is 8.04. The predicted octanol–water partition coefficient (Wildman–Crippen LogP) is 1.65. The number of carbonyl (C=O) groups excluding carboxylic acids is 1. The molecule has 1 saturated heterocycles. The predicted molar refractivity (Wildman–Crippen MR) is 48.4 cm³/mol. The maximum Gasteiger partial charge on any atom is 0.509 e. The molecule has 1 aliphatic heterocycles. The third-order valence-corrected chi connectivity index (χ3v) is 1.97. The summed E-state index contributed by atoms with van der Waals surface area (Å²) < 4.78 is 9.83. The van der Waals surface area contributed by atoms with E-state index in [0.29, 0.717) is 6.61 Å². The second kappa shape index (κ2) is 5.80. The normalized spacial score (nSPS) is 21.5. The smallest absolute Gasteiger partial charge is 0.434 e. The molecule has 0 aliphatic carbocycles. The van der Waals surface area contributed by atoms with Crippen LogP contribution in [0.5, 0.6) is 0 Å². The molecule has 76 valence electrons. The number of unbranched alkanes of at least 4 members (excludes halogenated alkanes) is 1. The lowest BCUT2D eigenvalue weighted by Gasteiger charge is -2.11. The van der Waals surface area contributed by atoms with Gasteiger partial charge < -0.3 is 9.47 Å². The molecule has 0 spiro atoms. The molecule has 4 nitrogen and oxygen atoms in total. The molecule has 1 fully saturated rings. The van der Waals surface area contributed by atoms with E-state index in [9.17, 15) is 4.79 Å². The van der Waals surface area contributed by atoms with E-state index < -0.39 is 6.16 Å². The van der Waals surface area contributed by atoms with Gasteiger partial charge in [-0.05, 0) is 25.8 Å². The second-order valence-corrected chi connectivity index (χ2v) is 3.15. The largest absolute Gasteiger partial charge is 0.509 e. The summed E-state index contributed by atoms with van der Waals surface area (Å²) in [6, 6.07) is 0. The van der Waals surface area contributed by atoms with Gasteiger partial charge in [-0.15, -0.1) is 0 Å². The Labute approximate surface area is 78.6 Å². The summed E-state index contributed by atoms with van der Waals surface area (Å²) in [6.07, 6.45) is 3.19. The molecule has 0 saturated carbocycles. The summed E-state index contributed by atoms with van der Waals surface area (Å²) in [7, 11) is 0. The topological polar surface area (TPSA) is 47.6 Å². The first-order valence-corrected chi connectivity index (χ1v) is 4.89. The van der Waals surface area contributed by atoms with E-state index in [1.54, 1.807) is 0 Å². The van der Waals surface area contributed by atoms with E-state index in [-0.39, 0.29) is 6.23 Å². The Morgan fingerprint density at radius 2 is 2.46 bits per heavy atom. The lowest BCUT2D eigenvalue weighted by atomic mass is 10.4. The standard InChI is InChI=1S/C9H17NO3/c1-2-3-7-12-9(11)13-8-5-4-6-10-8/h8,10H,2-7H2,1H3. The molecular weight excluding hydrogens is 170 g/mol. The van der Waals surface area contributed by atoms with Crippen LogP contribution >= 0.6 is 0 Å². The Hall–Kier alpha value is -0.770. The first-order chi connectivity index (χ1) is 6.33. The van der Waals surface area contributed by atoms with Gasteiger partial charge in [0.15, 0.2) is 6.23 Å². The number of rotatable bonds is 4. The molecule has 1 aliphatic rings. The third-order valence-electron chi connectivity index (χ3n) is 1.97. The molecule has 1 unspecified atom stereocenters. The van der Waals surface area contributed by atoms with Crippen LogP contribution in [-0.2, 0) is 9.47 Å². The van der Waals surface area contributed by atoms with Gasteiger partial charge in [0, 0.05) is 0 Å². The van der Waals surface area contributed by atoms with Crippen molar-refractivity contribution in [1.82, 2.24) is 5.32 Å². The monoisotopic (exact) mass is 187 g/mol. The quantitative estimate of drug-likeness (QED) is 0.537. The summed E-state index contributed by atoms with van der Waals surface area (Å²) in [5, 5.41) is 3.05. The van der Waals surface area contributed by atoms with Gasteiger partial charge in [-0.25, -0.2) is 4.79 Å². The molecule has 1 atom stereocenters. The third kappa shape index (κ3) is 4.12. The van der Waals surface area contributed by atoms with E-state index >= 15 is 0 Å². The first kappa shape index (κ1) is 10.3. The zero-order chi connectivity index (χ0) is 9.52. The van der Waals surface area contributed by atoms with Gasteiger partial charge in [-0.2, -0.15) is 0 Å². The van der Waals surface area contributed by atoms with E-state index in [4.69, 9.17) is 9.47 Å². The highest BCUT2D eigenvalue weighted by Gasteiger charge is 2.18. The molecule has 1 rings (SSSR count). The van der Waals surface area contributed by atoms with Crippen molar-refractivity contribution in [2.75, 3.05) is 13.2 Å². The van der Waals surface area contributed by atoms with E-state index in [2.05, 4.69) is 5.32 Å². The molecule has 0 amide bonds. The van der Waals surface area contributed by atoms with Crippen molar-refractivity contribution in [3.05, 3.63) is 0 Å². The van der Waals surface area contributed by atoms with Crippen LogP contribution in [0.4, 0.5) is 4.79 Å². The van der Waals surface area contributed by atoms with Crippen molar-refractivity contribution in [2.45, 2.75) is 38.8 Å². The zero-order valence-electron chi connectivity index (χ0n) is 8.04. The minimum absolute atomic E-state index is 0.130. The van der Waals surface area contributed by atoms with Crippen molar-refractivity contribution in [1.29, 1.82) is 0 Å². The highest BCUT2D eigenvalue weighted by molar-refractivity contribution is 5.60.